The molecule has 5 N–H and O–H groups in total. The van der Waals surface area contributed by atoms with Crippen molar-refractivity contribution in [3.05, 3.63) is 52.0 Å². The number of carboxylic acid groups (broad SMARTS) is 1. The predicted molar refractivity (Wildman–Crippen MR) is 205 cm³/mol. The van der Waals surface area contributed by atoms with Crippen molar-refractivity contribution in [2.24, 2.45) is 23.5 Å². The summed E-state index contributed by atoms with van der Waals surface area (Å²) in [5.74, 6) is -4.79. The summed E-state index contributed by atoms with van der Waals surface area (Å²) < 4.78 is 5.75. The molecule has 0 radical (unpaired) electrons. The van der Waals surface area contributed by atoms with Gasteiger partial charge in [0.2, 0.25) is 17.7 Å². The van der Waals surface area contributed by atoms with E-state index >= 15 is 0 Å². The van der Waals surface area contributed by atoms with Crippen molar-refractivity contribution in [3.63, 3.8) is 0 Å². The number of nitrogens with one attached hydrogen (secondary N) is 2. The van der Waals surface area contributed by atoms with Crippen LogP contribution in [0.1, 0.15) is 107 Å². The minimum Gasteiger partial charge on any atom is -0.481 e. The van der Waals surface area contributed by atoms with Gasteiger partial charge >= 0.3 is 11.9 Å². The molecule has 7 atom stereocenters. The maximum absolute atomic E-state index is 14.5. The first-order chi connectivity index (χ1) is 25.5. The zero-order valence-corrected chi connectivity index (χ0v) is 33.4. The summed E-state index contributed by atoms with van der Waals surface area (Å²) in [5.41, 5.74) is 6.70. The van der Waals surface area contributed by atoms with E-state index in [1.54, 1.807) is 6.92 Å². The van der Waals surface area contributed by atoms with Crippen LogP contribution in [0.25, 0.3) is 0 Å². The number of nitrogens with zero attached hydrogens (tertiary/aromatic N) is 3. The minimum absolute atomic E-state index is 0.0319. The Bertz CT molecular complexity index is 1590. The number of piperidine rings is 1. The highest BCUT2D eigenvalue weighted by Crippen LogP contribution is 2.32. The third-order valence-corrected chi connectivity index (χ3v) is 11.1. The number of likely N-dealkylation sites (N-methyl/N-ethyl adjacent to an activating group) is 1. The molecule has 0 aliphatic carbocycles. The molecule has 0 spiro atoms. The van der Waals surface area contributed by atoms with Gasteiger partial charge in [-0.2, -0.15) is 0 Å². The van der Waals surface area contributed by atoms with Crippen LogP contribution >= 0.6 is 11.3 Å². The van der Waals surface area contributed by atoms with Crippen LogP contribution in [-0.4, -0.2) is 99.8 Å². The molecule has 4 amide bonds. The molecule has 0 saturated carbocycles. The molecule has 298 valence electrons. The van der Waals surface area contributed by atoms with Crippen LogP contribution in [0.2, 0.25) is 0 Å². The van der Waals surface area contributed by atoms with Gasteiger partial charge in [0.25, 0.3) is 5.91 Å². The minimum atomic E-state index is -0.996. The van der Waals surface area contributed by atoms with Gasteiger partial charge in [-0.25, -0.2) is 4.98 Å². The van der Waals surface area contributed by atoms with E-state index in [0.29, 0.717) is 24.3 Å². The lowest BCUT2D eigenvalue weighted by atomic mass is 9.92. The number of nitrogens with two attached hydrogens (primary N) is 1. The van der Waals surface area contributed by atoms with Gasteiger partial charge < -0.3 is 31.1 Å². The lowest BCUT2D eigenvalue weighted by Crippen LogP contribution is -2.59. The quantitative estimate of drug-likeness (QED) is 0.143. The number of carbonyl (C=O) groups excluding carboxylic acids is 5. The third kappa shape index (κ3) is 12.9. The number of benzene rings is 1. The topological polar surface area (TPSA) is 201 Å². The number of likely N-dealkylation sites (tertiary alicyclic amines) is 1. The second-order valence-corrected chi connectivity index (χ2v) is 15.7. The number of hydrogen-bond donors (Lipinski definition) is 4. The number of carboxylic acids is 1. The lowest BCUT2D eigenvalue weighted by Gasteiger charge is -2.39. The molecule has 15 heteroatoms. The number of primary amides is 1. The average molecular weight is 771 g/mol. The molecule has 1 aliphatic heterocycles. The smallest absolute Gasteiger partial charge is 0.306 e. The molecule has 1 aliphatic rings. The largest absolute Gasteiger partial charge is 0.481 e. The summed E-state index contributed by atoms with van der Waals surface area (Å²) >= 11 is 1.10. The molecule has 0 unspecified atom stereocenters. The number of hydrogen-bond acceptors (Lipinski definition) is 10. The standard InChI is InChI=1S/C39H58N6O8S/c1-8-24(4)34(43-36(49)30-16-12-13-17-44(30)7)38(50)45(21-33(40)47)31(23(2)3)20-32(53-26(6)46)37-42-29(22-54-37)35(48)41-28(18-25(5)39(51)52)19-27-14-10-9-11-15-27/h9-11,14-15,22-25,28,30-32,34H,8,12-13,16-21H2,1-7H3,(H2,40,47)(H,41,48)(H,43,49)(H,51,52)/t24-,25-,28+,30+,31+,32+,34-/m0/s1. The first kappa shape index (κ1) is 44.0. The predicted octanol–water partition coefficient (Wildman–Crippen LogP) is 3.94. The van der Waals surface area contributed by atoms with Crippen molar-refractivity contribution < 1.29 is 38.6 Å². The first-order valence-corrected chi connectivity index (χ1v) is 19.7. The summed E-state index contributed by atoms with van der Waals surface area (Å²) in [6.45, 7) is 10.7. The van der Waals surface area contributed by atoms with Crippen molar-refractivity contribution >= 4 is 46.9 Å². The number of aromatic nitrogens is 1. The molecule has 3 rings (SSSR count). The number of amides is 4. The molecule has 54 heavy (non-hydrogen) atoms. The SMILES string of the molecule is CC[C@H](C)[C@H](NC(=O)[C@H]1CCCCN1C)C(=O)N(CC(N)=O)[C@H](C[C@@H](OC(C)=O)c1nc(C(=O)N[C@@H](Cc2ccccc2)C[C@H](C)C(=O)O)cs1)C(C)C. The second kappa shape index (κ2) is 20.9. The highest BCUT2D eigenvalue weighted by atomic mass is 32.1. The Hall–Kier alpha value is -4.37. The van der Waals surface area contributed by atoms with Crippen molar-refractivity contribution in [3.8, 4) is 0 Å². The maximum atomic E-state index is 14.5. The fourth-order valence-corrected chi connectivity index (χ4v) is 7.68. The van der Waals surface area contributed by atoms with E-state index in [1.165, 1.54) is 17.2 Å². The van der Waals surface area contributed by atoms with Gasteiger partial charge in [0.1, 0.15) is 16.7 Å². The van der Waals surface area contributed by atoms with E-state index < -0.39 is 66.4 Å². The molecule has 2 heterocycles. The monoisotopic (exact) mass is 770 g/mol. The van der Waals surface area contributed by atoms with Gasteiger partial charge in [-0.05, 0) is 56.7 Å². The van der Waals surface area contributed by atoms with E-state index in [1.807, 2.05) is 70.0 Å². The molecule has 1 fully saturated rings. The Morgan fingerprint density at radius 1 is 1.06 bits per heavy atom. The van der Waals surface area contributed by atoms with Crippen LogP contribution in [0, 0.1) is 17.8 Å². The van der Waals surface area contributed by atoms with E-state index in [9.17, 15) is 33.9 Å². The Morgan fingerprint density at radius 2 is 1.74 bits per heavy atom. The number of rotatable bonds is 20. The summed E-state index contributed by atoms with van der Waals surface area (Å²) in [5, 5.41) is 17.3. The zero-order valence-electron chi connectivity index (χ0n) is 32.6. The maximum Gasteiger partial charge on any atom is 0.306 e. The van der Waals surface area contributed by atoms with E-state index in [-0.39, 0.29) is 42.3 Å². The highest BCUT2D eigenvalue weighted by molar-refractivity contribution is 7.09. The van der Waals surface area contributed by atoms with Crippen LogP contribution in [0.15, 0.2) is 35.7 Å². The van der Waals surface area contributed by atoms with E-state index in [0.717, 1.165) is 36.3 Å². The lowest BCUT2D eigenvalue weighted by molar-refractivity contribution is -0.150. The fourth-order valence-electron chi connectivity index (χ4n) is 6.84. The van der Waals surface area contributed by atoms with Crippen molar-refractivity contribution in [1.82, 2.24) is 25.4 Å². The van der Waals surface area contributed by atoms with E-state index in [4.69, 9.17) is 10.5 Å². The van der Waals surface area contributed by atoms with Gasteiger partial charge in [-0.3, -0.25) is 33.7 Å². The molecule has 1 saturated heterocycles. The Labute approximate surface area is 322 Å². The Kier molecular flexibility index (Phi) is 17.1. The van der Waals surface area contributed by atoms with Gasteiger partial charge in [0.05, 0.1) is 18.5 Å². The second-order valence-electron chi connectivity index (χ2n) is 14.8. The van der Waals surface area contributed by atoms with E-state index in [2.05, 4.69) is 15.6 Å². The Morgan fingerprint density at radius 3 is 2.31 bits per heavy atom. The first-order valence-electron chi connectivity index (χ1n) is 18.8. The summed E-state index contributed by atoms with van der Waals surface area (Å²) in [6, 6.07) is 6.92. The molecular weight excluding hydrogens is 713 g/mol. The number of carbonyl (C=O) groups is 6. The van der Waals surface area contributed by atoms with Crippen LogP contribution in [0.3, 0.4) is 0 Å². The molecular formula is C39H58N6O8S. The van der Waals surface area contributed by atoms with Crippen LogP contribution in [-0.2, 0) is 35.1 Å². The van der Waals surface area contributed by atoms with Crippen LogP contribution in [0.4, 0.5) is 0 Å². The third-order valence-electron chi connectivity index (χ3n) is 10.1. The number of aliphatic carboxylic acids is 1. The molecule has 0 bridgehead atoms. The normalized spacial score (nSPS) is 18.0. The molecule has 1 aromatic carbocycles. The highest BCUT2D eigenvalue weighted by Gasteiger charge is 2.39. The summed E-state index contributed by atoms with van der Waals surface area (Å²) in [7, 11) is 1.89. The molecule has 1 aromatic heterocycles. The summed E-state index contributed by atoms with van der Waals surface area (Å²) in [4.78, 5) is 86.1. The van der Waals surface area contributed by atoms with Crippen molar-refractivity contribution in [2.45, 2.75) is 117 Å². The fraction of sp³-hybridized carbons (Fsp3) is 0.615. The van der Waals surface area contributed by atoms with Crippen molar-refractivity contribution in [2.75, 3.05) is 20.1 Å². The van der Waals surface area contributed by atoms with Crippen LogP contribution in [0.5, 0.6) is 0 Å². The van der Waals surface area contributed by atoms with Gasteiger partial charge in [0.15, 0.2) is 6.10 Å². The van der Waals surface area contributed by atoms with Gasteiger partial charge in [-0.15, -0.1) is 11.3 Å². The van der Waals surface area contributed by atoms with Gasteiger partial charge in [0, 0.05) is 30.8 Å². The van der Waals surface area contributed by atoms with Gasteiger partial charge in [-0.1, -0.05) is 77.8 Å². The number of esters is 1. The number of thiazole rings is 1. The Balaban J connectivity index is 1.90. The number of ether oxygens (including phenoxy) is 1. The van der Waals surface area contributed by atoms with Crippen molar-refractivity contribution in [1.29, 1.82) is 0 Å². The summed E-state index contributed by atoms with van der Waals surface area (Å²) in [6.07, 6.45) is 2.79. The molecule has 2 aromatic rings. The van der Waals surface area contributed by atoms with Crippen LogP contribution < -0.4 is 16.4 Å². The molecule has 14 nitrogen and oxygen atoms in total. The average Bonchev–Trinajstić information content (AvgIpc) is 3.61. The zero-order chi connectivity index (χ0) is 40.1.